The van der Waals surface area contributed by atoms with Gasteiger partial charge in [0.05, 0.1) is 11.3 Å². The lowest BCUT2D eigenvalue weighted by atomic mass is 10.1. The predicted octanol–water partition coefficient (Wildman–Crippen LogP) is 2.18. The summed E-state index contributed by atoms with van der Waals surface area (Å²) in [6.45, 7) is 5.18. The van der Waals surface area contributed by atoms with Crippen molar-refractivity contribution in [1.82, 2.24) is 10.2 Å². The number of nitrogens with one attached hydrogen (secondary N) is 2. The minimum absolute atomic E-state index is 0.00772. The van der Waals surface area contributed by atoms with Crippen LogP contribution in [0.5, 0.6) is 0 Å². The lowest BCUT2D eigenvalue weighted by Gasteiger charge is -2.16. The van der Waals surface area contributed by atoms with E-state index in [1.54, 1.807) is 24.3 Å². The van der Waals surface area contributed by atoms with Crippen LogP contribution in [0.1, 0.15) is 24.2 Å². The summed E-state index contributed by atoms with van der Waals surface area (Å²) in [6, 6.07) is 6.86. The maximum atomic E-state index is 12.2. The van der Waals surface area contributed by atoms with Crippen LogP contribution in [0.3, 0.4) is 0 Å². The molecule has 0 atom stereocenters. The largest absolute Gasteiger partial charge is 0.352 e. The summed E-state index contributed by atoms with van der Waals surface area (Å²) < 4.78 is 0. The molecule has 0 aromatic heterocycles. The molecule has 2 N–H and O–H groups in total. The number of benzene rings is 1. The fourth-order valence-corrected chi connectivity index (χ4v) is 2.94. The number of amides is 3. The molecular weight excluding hydrogens is 314 g/mol. The number of anilines is 1. The van der Waals surface area contributed by atoms with E-state index >= 15 is 0 Å². The second kappa shape index (κ2) is 8.01. The molecule has 0 bridgehead atoms. The van der Waals surface area contributed by atoms with Crippen molar-refractivity contribution in [2.24, 2.45) is 5.92 Å². The number of thioether (sulfide) groups is 1. The average Bonchev–Trinajstić information content (AvgIpc) is 2.90. The minimum atomic E-state index is -0.301. The number of hydrogen-bond acceptors (Lipinski definition) is 4. The van der Waals surface area contributed by atoms with Gasteiger partial charge in [0.15, 0.2) is 0 Å². The Kier molecular flexibility index (Phi) is 6.04. The van der Waals surface area contributed by atoms with E-state index in [0.29, 0.717) is 36.0 Å². The first-order valence-corrected chi connectivity index (χ1v) is 8.54. The highest BCUT2D eigenvalue weighted by Gasteiger charge is 2.23. The number of para-hydroxylation sites is 1. The van der Waals surface area contributed by atoms with Crippen LogP contribution in [0.15, 0.2) is 24.3 Å². The molecule has 7 heteroatoms. The predicted molar refractivity (Wildman–Crippen MR) is 91.7 cm³/mol. The maximum absolute atomic E-state index is 12.2. The van der Waals surface area contributed by atoms with Crippen LogP contribution >= 0.6 is 11.8 Å². The fraction of sp³-hybridized carbons (Fsp3) is 0.438. The van der Waals surface area contributed by atoms with Crippen molar-refractivity contribution in [2.75, 3.05) is 30.7 Å². The summed E-state index contributed by atoms with van der Waals surface area (Å²) >= 11 is 1.21. The average molecular weight is 335 g/mol. The smallest absolute Gasteiger partial charge is 0.282 e. The molecule has 124 valence electrons. The van der Waals surface area contributed by atoms with Gasteiger partial charge in [-0.05, 0) is 18.1 Å². The van der Waals surface area contributed by atoms with E-state index in [0.717, 1.165) is 0 Å². The van der Waals surface area contributed by atoms with Gasteiger partial charge in [0.2, 0.25) is 5.91 Å². The zero-order valence-corrected chi connectivity index (χ0v) is 14.1. The summed E-state index contributed by atoms with van der Waals surface area (Å²) in [5.41, 5.74) is 0.877. The molecule has 1 saturated heterocycles. The molecule has 0 unspecified atom stereocenters. The van der Waals surface area contributed by atoms with Crippen molar-refractivity contribution >= 4 is 34.5 Å². The normalized spacial score (nSPS) is 14.2. The topological polar surface area (TPSA) is 78.5 Å². The molecule has 1 aliphatic heterocycles. The highest BCUT2D eigenvalue weighted by molar-refractivity contribution is 8.13. The van der Waals surface area contributed by atoms with E-state index in [1.807, 2.05) is 13.8 Å². The maximum Gasteiger partial charge on any atom is 0.282 e. The molecule has 1 heterocycles. The van der Waals surface area contributed by atoms with Crippen LogP contribution in [0.25, 0.3) is 0 Å². The zero-order valence-electron chi connectivity index (χ0n) is 13.3. The zero-order chi connectivity index (χ0) is 16.8. The summed E-state index contributed by atoms with van der Waals surface area (Å²) in [5.74, 6) is 0.534. The standard InChI is InChI=1S/C16H21N3O3S/c1-11(2)9-17-15(21)12-5-3-4-6-13(12)18-14(20)10-19-7-8-23-16(19)22/h3-6,11H,7-10H2,1-2H3,(H,17,21)(H,18,20). The molecule has 3 amide bonds. The molecular formula is C16H21N3O3S. The van der Waals surface area contributed by atoms with Gasteiger partial charge < -0.3 is 15.5 Å². The van der Waals surface area contributed by atoms with Crippen LogP contribution in [-0.4, -0.2) is 47.3 Å². The van der Waals surface area contributed by atoms with Gasteiger partial charge in [-0.3, -0.25) is 14.4 Å². The first-order chi connectivity index (χ1) is 11.0. The quantitative estimate of drug-likeness (QED) is 0.835. The number of hydrogen-bond donors (Lipinski definition) is 2. The van der Waals surface area contributed by atoms with Gasteiger partial charge in [0, 0.05) is 18.8 Å². The molecule has 1 aromatic rings. The lowest BCUT2D eigenvalue weighted by molar-refractivity contribution is -0.116. The molecule has 1 aliphatic rings. The van der Waals surface area contributed by atoms with E-state index in [-0.39, 0.29) is 23.6 Å². The van der Waals surface area contributed by atoms with Gasteiger partial charge in [-0.15, -0.1) is 0 Å². The Balaban J connectivity index is 2.00. The fourth-order valence-electron chi connectivity index (χ4n) is 2.11. The number of carbonyl (C=O) groups is 3. The van der Waals surface area contributed by atoms with Crippen molar-refractivity contribution in [3.05, 3.63) is 29.8 Å². The molecule has 23 heavy (non-hydrogen) atoms. The van der Waals surface area contributed by atoms with E-state index < -0.39 is 0 Å². The van der Waals surface area contributed by atoms with Crippen molar-refractivity contribution in [1.29, 1.82) is 0 Å². The highest BCUT2D eigenvalue weighted by atomic mass is 32.2. The number of carbonyl (C=O) groups excluding carboxylic acids is 3. The molecule has 0 spiro atoms. The van der Waals surface area contributed by atoms with Gasteiger partial charge >= 0.3 is 0 Å². The number of nitrogens with zero attached hydrogens (tertiary/aromatic N) is 1. The second-order valence-corrected chi connectivity index (χ2v) is 6.78. The molecule has 0 radical (unpaired) electrons. The Hall–Kier alpha value is -2.02. The lowest BCUT2D eigenvalue weighted by Crippen LogP contribution is -2.34. The van der Waals surface area contributed by atoms with Gasteiger partial charge in [-0.1, -0.05) is 37.7 Å². The van der Waals surface area contributed by atoms with Crippen molar-refractivity contribution < 1.29 is 14.4 Å². The molecule has 1 fully saturated rings. The van der Waals surface area contributed by atoms with E-state index in [9.17, 15) is 14.4 Å². The monoisotopic (exact) mass is 335 g/mol. The molecule has 1 aromatic carbocycles. The third-order valence-electron chi connectivity index (χ3n) is 3.30. The van der Waals surface area contributed by atoms with Crippen molar-refractivity contribution in [3.8, 4) is 0 Å². The van der Waals surface area contributed by atoms with Crippen LogP contribution in [0.4, 0.5) is 10.5 Å². The third kappa shape index (κ3) is 4.99. The first kappa shape index (κ1) is 17.3. The van der Waals surface area contributed by atoms with Crippen molar-refractivity contribution in [2.45, 2.75) is 13.8 Å². The molecule has 2 rings (SSSR count). The molecule has 0 aliphatic carbocycles. The van der Waals surface area contributed by atoms with Gasteiger partial charge in [-0.25, -0.2) is 0 Å². The summed E-state index contributed by atoms with van der Waals surface area (Å²) in [4.78, 5) is 37.4. The highest BCUT2D eigenvalue weighted by Crippen LogP contribution is 2.18. The second-order valence-electron chi connectivity index (χ2n) is 5.73. The van der Waals surface area contributed by atoms with E-state index in [2.05, 4.69) is 10.6 Å². The Morgan fingerprint density at radius 2 is 2.04 bits per heavy atom. The summed E-state index contributed by atoms with van der Waals surface area (Å²) in [5, 5.41) is 5.48. The van der Waals surface area contributed by atoms with Crippen LogP contribution in [0, 0.1) is 5.92 Å². The Bertz CT molecular complexity index is 604. The Morgan fingerprint density at radius 3 is 2.70 bits per heavy atom. The van der Waals surface area contributed by atoms with E-state index in [1.165, 1.54) is 16.7 Å². The minimum Gasteiger partial charge on any atom is -0.352 e. The first-order valence-electron chi connectivity index (χ1n) is 7.56. The van der Waals surface area contributed by atoms with Gasteiger partial charge in [-0.2, -0.15) is 0 Å². The van der Waals surface area contributed by atoms with E-state index in [4.69, 9.17) is 0 Å². The third-order valence-corrected chi connectivity index (χ3v) is 4.19. The van der Waals surface area contributed by atoms with Crippen LogP contribution in [-0.2, 0) is 4.79 Å². The molecule has 0 saturated carbocycles. The van der Waals surface area contributed by atoms with Crippen molar-refractivity contribution in [3.63, 3.8) is 0 Å². The SMILES string of the molecule is CC(C)CNC(=O)c1ccccc1NC(=O)CN1CCSC1=O. The summed E-state index contributed by atoms with van der Waals surface area (Å²) in [6.07, 6.45) is 0. The van der Waals surface area contributed by atoms with Crippen LogP contribution < -0.4 is 10.6 Å². The van der Waals surface area contributed by atoms with Crippen LogP contribution in [0.2, 0.25) is 0 Å². The number of rotatable bonds is 6. The van der Waals surface area contributed by atoms with Gasteiger partial charge in [0.1, 0.15) is 6.54 Å². The summed E-state index contributed by atoms with van der Waals surface area (Å²) in [7, 11) is 0. The molecule has 6 nitrogen and oxygen atoms in total. The Morgan fingerprint density at radius 1 is 1.30 bits per heavy atom. The Labute approximate surface area is 140 Å². The van der Waals surface area contributed by atoms with Gasteiger partial charge in [0.25, 0.3) is 11.1 Å².